The number of aromatic nitrogens is 2. The number of carbonyl (C=O) groups excluding carboxylic acids is 2. The first-order valence-electron chi connectivity index (χ1n) is 12.0. The minimum atomic E-state index is -0.610. The van der Waals surface area contributed by atoms with Gasteiger partial charge in [0.05, 0.1) is 26.3 Å². The molecule has 34 heavy (non-hydrogen) atoms. The number of hydrogen-bond donors (Lipinski definition) is 0. The number of imide groups is 1. The van der Waals surface area contributed by atoms with Crippen LogP contribution in [0.15, 0.2) is 29.3 Å². The Hall–Kier alpha value is -3.04. The van der Waals surface area contributed by atoms with E-state index in [9.17, 15) is 9.59 Å². The Kier molecular flexibility index (Phi) is 5.99. The van der Waals surface area contributed by atoms with Crippen molar-refractivity contribution < 1.29 is 18.9 Å². The normalized spacial score (nSPS) is 20.6. The molecule has 2 fully saturated rings. The van der Waals surface area contributed by atoms with Crippen molar-refractivity contribution in [3.05, 3.63) is 46.8 Å². The highest BCUT2D eigenvalue weighted by atomic mass is 16.5. The van der Waals surface area contributed by atoms with Crippen molar-refractivity contribution in [1.82, 2.24) is 19.3 Å². The number of imidazole rings is 1. The lowest BCUT2D eigenvalue weighted by Gasteiger charge is -2.33. The van der Waals surface area contributed by atoms with E-state index in [-0.39, 0.29) is 18.5 Å². The van der Waals surface area contributed by atoms with Crippen LogP contribution in [0, 0.1) is 20.8 Å². The van der Waals surface area contributed by atoms with Crippen molar-refractivity contribution >= 4 is 23.7 Å². The lowest BCUT2D eigenvalue weighted by molar-refractivity contribution is -0.689. The summed E-state index contributed by atoms with van der Waals surface area (Å²) in [5, 5.41) is 0. The summed E-state index contributed by atoms with van der Waals surface area (Å²) in [5.74, 6) is 1.04. The number of benzene rings is 1. The monoisotopic (exact) mass is 465 g/mol. The number of ether oxygens (including phenoxy) is 1. The summed E-state index contributed by atoms with van der Waals surface area (Å²) in [6.07, 6.45) is 0.986. The Labute approximate surface area is 200 Å². The number of likely N-dealkylation sites (N-methyl/N-ethyl adjacent to an activating group) is 1. The first-order chi connectivity index (χ1) is 16.4. The zero-order chi connectivity index (χ0) is 24.0. The molecule has 0 aliphatic carbocycles. The summed E-state index contributed by atoms with van der Waals surface area (Å²) >= 11 is 0. The number of hydrogen-bond acceptors (Lipinski definition) is 5. The topological polar surface area (TPSA) is 74.3 Å². The molecule has 0 saturated carbocycles. The third-order valence-electron chi connectivity index (χ3n) is 7.37. The number of aliphatic imine (C=N–C) groups is 1. The molecule has 0 N–H and O–H groups in total. The molecule has 5 rings (SSSR count). The summed E-state index contributed by atoms with van der Waals surface area (Å²) in [6.45, 7) is 11.7. The fraction of sp³-hybridized carbons (Fsp3) is 0.520. The standard InChI is InChI=1S/C25H33N6O3/c1-17-8-5-6-9-20(17)16-30-23(32)21-22(27(4)25(30)33)26-24-29(18(2)19(3)31(21)24)11-7-10-28-12-14-34-15-13-28/h5-6,8-9,21H,7,10-16H2,1-4H3/q+1. The van der Waals surface area contributed by atoms with Gasteiger partial charge in [-0.1, -0.05) is 29.3 Å². The van der Waals surface area contributed by atoms with Crippen LogP contribution in [-0.4, -0.2) is 76.9 Å². The van der Waals surface area contributed by atoms with Crippen LogP contribution in [0.2, 0.25) is 0 Å². The second-order valence-corrected chi connectivity index (χ2v) is 9.37. The van der Waals surface area contributed by atoms with Crippen LogP contribution in [0.4, 0.5) is 10.7 Å². The third kappa shape index (κ3) is 3.73. The number of carbonyl (C=O) groups is 2. The van der Waals surface area contributed by atoms with Crippen molar-refractivity contribution in [2.45, 2.75) is 46.3 Å². The lowest BCUT2D eigenvalue weighted by atomic mass is 10.1. The molecule has 0 spiro atoms. The van der Waals surface area contributed by atoms with Crippen molar-refractivity contribution in [3.8, 4) is 0 Å². The Morgan fingerprint density at radius 1 is 1.12 bits per heavy atom. The summed E-state index contributed by atoms with van der Waals surface area (Å²) in [5.41, 5.74) is 4.15. The zero-order valence-electron chi connectivity index (χ0n) is 20.5. The van der Waals surface area contributed by atoms with Crippen LogP contribution in [0.3, 0.4) is 0 Å². The van der Waals surface area contributed by atoms with Gasteiger partial charge in [-0.05, 0) is 38.3 Å². The van der Waals surface area contributed by atoms with Gasteiger partial charge in [0.2, 0.25) is 11.9 Å². The number of morpholine rings is 1. The number of aryl methyl sites for hydroxylation is 1. The average molecular weight is 466 g/mol. The molecule has 1 aromatic carbocycles. The maximum absolute atomic E-state index is 13.7. The molecular formula is C25H33N6O3+. The molecule has 9 heteroatoms. The number of rotatable bonds is 6. The van der Waals surface area contributed by atoms with Gasteiger partial charge in [-0.25, -0.2) is 13.9 Å². The van der Waals surface area contributed by atoms with Gasteiger partial charge in [0.1, 0.15) is 11.4 Å². The smallest absolute Gasteiger partial charge is 0.379 e. The number of nitrogens with zero attached hydrogens (tertiary/aromatic N) is 6. The molecule has 0 radical (unpaired) electrons. The van der Waals surface area contributed by atoms with Crippen LogP contribution in [0.25, 0.3) is 0 Å². The third-order valence-corrected chi connectivity index (χ3v) is 7.37. The highest BCUT2D eigenvalue weighted by Gasteiger charge is 2.54. The molecule has 0 bridgehead atoms. The van der Waals surface area contributed by atoms with Crippen molar-refractivity contribution in [1.29, 1.82) is 0 Å². The van der Waals surface area contributed by atoms with Gasteiger partial charge in [-0.15, -0.1) is 0 Å². The van der Waals surface area contributed by atoms with Gasteiger partial charge in [0.25, 0.3) is 5.91 Å². The van der Waals surface area contributed by atoms with E-state index >= 15 is 0 Å². The van der Waals surface area contributed by atoms with E-state index in [1.165, 1.54) is 9.80 Å². The molecule has 9 nitrogen and oxygen atoms in total. The second kappa shape index (κ2) is 8.96. The minimum absolute atomic E-state index is 0.220. The SMILES string of the molecule is Cc1ccccc1CN1C(=O)C2C(=Nc3n2c(C)c(C)[n+]3CCCN2CCOCC2)N(C)C1=O. The molecule has 3 aliphatic heterocycles. The Morgan fingerprint density at radius 2 is 1.85 bits per heavy atom. The van der Waals surface area contributed by atoms with Crippen LogP contribution < -0.4 is 4.57 Å². The molecule has 2 saturated heterocycles. The van der Waals surface area contributed by atoms with E-state index < -0.39 is 6.04 Å². The van der Waals surface area contributed by atoms with E-state index in [0.717, 1.165) is 74.3 Å². The maximum atomic E-state index is 13.7. The van der Waals surface area contributed by atoms with Crippen molar-refractivity contribution in [3.63, 3.8) is 0 Å². The molecule has 1 aromatic heterocycles. The van der Waals surface area contributed by atoms with Gasteiger partial charge in [-0.3, -0.25) is 19.5 Å². The van der Waals surface area contributed by atoms with Crippen LogP contribution >= 0.6 is 0 Å². The Balaban J connectivity index is 1.41. The predicted molar refractivity (Wildman–Crippen MR) is 127 cm³/mol. The highest BCUT2D eigenvalue weighted by molar-refractivity contribution is 6.20. The maximum Gasteiger partial charge on any atom is 0.402 e. The van der Waals surface area contributed by atoms with E-state index in [0.29, 0.717) is 5.84 Å². The van der Waals surface area contributed by atoms with E-state index in [4.69, 9.17) is 9.73 Å². The van der Waals surface area contributed by atoms with Gasteiger partial charge in [0.15, 0.2) is 0 Å². The quantitative estimate of drug-likeness (QED) is 0.613. The molecule has 4 heterocycles. The molecule has 1 atom stereocenters. The first-order valence-corrected chi connectivity index (χ1v) is 12.0. The van der Waals surface area contributed by atoms with Crippen molar-refractivity contribution in [2.75, 3.05) is 39.9 Å². The van der Waals surface area contributed by atoms with Gasteiger partial charge >= 0.3 is 12.0 Å². The minimum Gasteiger partial charge on any atom is -0.379 e. The number of urea groups is 1. The fourth-order valence-corrected chi connectivity index (χ4v) is 5.15. The molecular weight excluding hydrogens is 432 g/mol. The summed E-state index contributed by atoms with van der Waals surface area (Å²) in [7, 11) is 1.71. The van der Waals surface area contributed by atoms with E-state index in [1.54, 1.807) is 7.05 Å². The zero-order valence-corrected chi connectivity index (χ0v) is 20.5. The van der Waals surface area contributed by atoms with E-state index in [2.05, 4.69) is 16.4 Å². The predicted octanol–water partition coefficient (Wildman–Crippen LogP) is 2.10. The lowest BCUT2D eigenvalue weighted by Crippen LogP contribution is -2.57. The number of amidine groups is 1. The number of fused-ring (bicyclic) bond motifs is 3. The largest absolute Gasteiger partial charge is 0.402 e. The van der Waals surface area contributed by atoms with Crippen LogP contribution in [-0.2, 0) is 22.6 Å². The van der Waals surface area contributed by atoms with Gasteiger partial charge < -0.3 is 4.74 Å². The highest BCUT2D eigenvalue weighted by Crippen LogP contribution is 2.35. The first kappa shape index (κ1) is 22.7. The molecule has 3 aliphatic rings. The number of amides is 3. The Morgan fingerprint density at radius 3 is 2.59 bits per heavy atom. The molecule has 3 amide bonds. The van der Waals surface area contributed by atoms with Crippen molar-refractivity contribution in [2.24, 2.45) is 4.99 Å². The average Bonchev–Trinajstić information content (AvgIpc) is 3.34. The summed E-state index contributed by atoms with van der Waals surface area (Å²) in [6, 6.07) is 6.92. The summed E-state index contributed by atoms with van der Waals surface area (Å²) in [4.78, 5) is 37.0. The molecule has 2 aromatic rings. The molecule has 180 valence electrons. The van der Waals surface area contributed by atoms with Gasteiger partial charge in [-0.2, -0.15) is 0 Å². The second-order valence-electron chi connectivity index (χ2n) is 9.37. The van der Waals surface area contributed by atoms with E-state index in [1.807, 2.05) is 42.7 Å². The summed E-state index contributed by atoms with van der Waals surface area (Å²) < 4.78 is 9.65. The molecule has 1 unspecified atom stereocenters. The van der Waals surface area contributed by atoms with Crippen LogP contribution in [0.1, 0.15) is 35.0 Å². The Bertz CT molecular complexity index is 1160. The van der Waals surface area contributed by atoms with Gasteiger partial charge in [0, 0.05) is 26.7 Å². The fourth-order valence-electron chi connectivity index (χ4n) is 5.15. The van der Waals surface area contributed by atoms with Crippen LogP contribution in [0.5, 0.6) is 0 Å².